The molecule has 0 spiro atoms. The van der Waals surface area contributed by atoms with E-state index in [-0.39, 0.29) is 5.97 Å². The highest BCUT2D eigenvalue weighted by Gasteiger charge is 2.20. The molecule has 1 aliphatic rings. The number of methoxy groups -OCH3 is 1. The lowest BCUT2D eigenvalue weighted by atomic mass is 9.95. The maximum atomic E-state index is 11.5. The van der Waals surface area contributed by atoms with E-state index < -0.39 is 0 Å². The predicted molar refractivity (Wildman–Crippen MR) is 78.8 cm³/mol. The van der Waals surface area contributed by atoms with Crippen LogP contribution in [0.4, 0.5) is 5.82 Å². The van der Waals surface area contributed by atoms with Crippen LogP contribution in [-0.2, 0) is 4.74 Å². The minimum atomic E-state index is -0.323. The Morgan fingerprint density at radius 1 is 1.42 bits per heavy atom. The molecule has 4 nitrogen and oxygen atoms in total. The number of nitrogens with one attached hydrogen (secondary N) is 1. The van der Waals surface area contributed by atoms with E-state index in [9.17, 15) is 4.79 Å². The first kappa shape index (κ1) is 14.2. The van der Waals surface area contributed by atoms with Crippen molar-refractivity contribution in [2.24, 2.45) is 0 Å². The van der Waals surface area contributed by atoms with Gasteiger partial charge in [0.1, 0.15) is 5.82 Å². The lowest BCUT2D eigenvalue weighted by Gasteiger charge is -2.28. The number of pyridine rings is 1. The van der Waals surface area contributed by atoms with Crippen molar-refractivity contribution in [2.75, 3.05) is 18.7 Å². The van der Waals surface area contributed by atoms with Gasteiger partial charge in [0.25, 0.3) is 0 Å². The number of nitrogens with zero attached hydrogens (tertiary/aromatic N) is 1. The summed E-state index contributed by atoms with van der Waals surface area (Å²) in [6, 6.07) is 3.89. The summed E-state index contributed by atoms with van der Waals surface area (Å²) in [5, 5.41) is 4.22. The lowest BCUT2D eigenvalue weighted by molar-refractivity contribution is 0.0600. The summed E-state index contributed by atoms with van der Waals surface area (Å²) in [4.78, 5) is 15.7. The molecule has 1 fully saturated rings. The minimum absolute atomic E-state index is 0.323. The van der Waals surface area contributed by atoms with Crippen LogP contribution in [0.3, 0.4) is 0 Å². The van der Waals surface area contributed by atoms with Gasteiger partial charge in [-0.15, -0.1) is 0 Å². The molecule has 0 bridgehead atoms. The van der Waals surface area contributed by atoms with E-state index in [4.69, 9.17) is 4.74 Å². The Morgan fingerprint density at radius 3 is 2.79 bits per heavy atom. The first-order valence-corrected chi connectivity index (χ1v) is 7.85. The molecule has 1 saturated carbocycles. The zero-order chi connectivity index (χ0) is 13.7. The molecule has 0 aliphatic heterocycles. The molecule has 0 unspecified atom stereocenters. The number of hydrogen-bond acceptors (Lipinski definition) is 5. The Hall–Kier alpha value is -1.23. The van der Waals surface area contributed by atoms with E-state index in [2.05, 4.69) is 16.6 Å². The van der Waals surface area contributed by atoms with Crippen LogP contribution < -0.4 is 5.32 Å². The van der Waals surface area contributed by atoms with Crippen molar-refractivity contribution in [1.82, 2.24) is 4.98 Å². The number of thioether (sulfide) groups is 1. The molecular weight excluding hydrogens is 260 g/mol. The number of anilines is 1. The van der Waals surface area contributed by atoms with Crippen LogP contribution in [0.2, 0.25) is 0 Å². The first-order valence-electron chi connectivity index (χ1n) is 6.56. The van der Waals surface area contributed by atoms with Crippen LogP contribution in [-0.4, -0.2) is 35.6 Å². The quantitative estimate of drug-likeness (QED) is 0.859. The fourth-order valence-corrected chi connectivity index (χ4v) is 3.15. The molecule has 0 atom stereocenters. The molecule has 2 rings (SSSR count). The number of aromatic nitrogens is 1. The lowest BCUT2D eigenvalue weighted by Crippen LogP contribution is -2.27. The number of ether oxygens (including phenoxy) is 1. The number of rotatable bonds is 4. The largest absolute Gasteiger partial charge is 0.465 e. The highest BCUT2D eigenvalue weighted by atomic mass is 32.2. The van der Waals surface area contributed by atoms with Crippen molar-refractivity contribution in [3.8, 4) is 0 Å². The maximum Gasteiger partial charge on any atom is 0.338 e. The minimum Gasteiger partial charge on any atom is -0.465 e. The molecule has 1 aromatic heterocycles. The Morgan fingerprint density at radius 2 is 2.16 bits per heavy atom. The van der Waals surface area contributed by atoms with Gasteiger partial charge in [0.2, 0.25) is 0 Å². The van der Waals surface area contributed by atoms with Crippen LogP contribution in [0.15, 0.2) is 18.3 Å². The van der Waals surface area contributed by atoms with Crippen molar-refractivity contribution in [2.45, 2.75) is 37.0 Å². The number of hydrogen-bond donors (Lipinski definition) is 1. The van der Waals surface area contributed by atoms with Crippen molar-refractivity contribution in [1.29, 1.82) is 0 Å². The summed E-state index contributed by atoms with van der Waals surface area (Å²) < 4.78 is 4.71. The zero-order valence-electron chi connectivity index (χ0n) is 11.4. The van der Waals surface area contributed by atoms with Crippen LogP contribution >= 0.6 is 11.8 Å². The fourth-order valence-electron chi connectivity index (χ4n) is 2.41. The van der Waals surface area contributed by atoms with E-state index >= 15 is 0 Å². The fraction of sp³-hybridized carbons (Fsp3) is 0.571. The molecule has 0 aromatic carbocycles. The van der Waals surface area contributed by atoms with Gasteiger partial charge in [-0.25, -0.2) is 9.78 Å². The number of carbonyl (C=O) groups is 1. The SMILES string of the molecule is COC(=O)c1ccnc(NC2CCC(SC)CC2)c1. The average Bonchev–Trinajstić information content (AvgIpc) is 2.47. The maximum absolute atomic E-state index is 11.5. The second-order valence-electron chi connectivity index (χ2n) is 4.78. The Balaban J connectivity index is 1.94. The molecule has 1 N–H and O–H groups in total. The van der Waals surface area contributed by atoms with Gasteiger partial charge in [0.15, 0.2) is 0 Å². The highest BCUT2D eigenvalue weighted by molar-refractivity contribution is 7.99. The van der Waals surface area contributed by atoms with Crippen LogP contribution in [0, 0.1) is 0 Å². The van der Waals surface area contributed by atoms with Gasteiger partial charge in [-0.1, -0.05) is 0 Å². The van der Waals surface area contributed by atoms with Gasteiger partial charge >= 0.3 is 5.97 Å². The predicted octanol–water partition coefficient (Wildman–Crippen LogP) is 2.95. The van der Waals surface area contributed by atoms with E-state index in [0.717, 1.165) is 23.9 Å². The van der Waals surface area contributed by atoms with Gasteiger partial charge in [-0.05, 0) is 44.1 Å². The molecule has 0 radical (unpaired) electrons. The smallest absolute Gasteiger partial charge is 0.338 e. The normalized spacial score (nSPS) is 22.8. The third kappa shape index (κ3) is 3.86. The van der Waals surface area contributed by atoms with Crippen molar-refractivity contribution in [3.63, 3.8) is 0 Å². The second kappa shape index (κ2) is 6.80. The highest BCUT2D eigenvalue weighted by Crippen LogP contribution is 2.28. The summed E-state index contributed by atoms with van der Waals surface area (Å²) in [5.74, 6) is 0.437. The number of carbonyl (C=O) groups excluding carboxylic acids is 1. The van der Waals surface area contributed by atoms with Gasteiger partial charge < -0.3 is 10.1 Å². The van der Waals surface area contributed by atoms with Crippen molar-refractivity contribution >= 4 is 23.5 Å². The summed E-state index contributed by atoms with van der Waals surface area (Å²) in [6.07, 6.45) is 8.64. The molecule has 0 saturated heterocycles. The molecular formula is C14H20N2O2S. The van der Waals surface area contributed by atoms with E-state index in [0.29, 0.717) is 11.6 Å². The molecule has 1 aromatic rings. The Kier molecular flexibility index (Phi) is 5.07. The summed E-state index contributed by atoms with van der Waals surface area (Å²) >= 11 is 1.96. The van der Waals surface area contributed by atoms with E-state index in [1.165, 1.54) is 20.0 Å². The standard InChI is InChI=1S/C14H20N2O2S/c1-18-14(17)10-7-8-15-13(9-10)16-11-3-5-12(19-2)6-4-11/h7-9,11-12H,3-6H2,1-2H3,(H,15,16). The zero-order valence-corrected chi connectivity index (χ0v) is 12.2. The van der Waals surface area contributed by atoms with Crippen molar-refractivity contribution in [3.05, 3.63) is 23.9 Å². The second-order valence-corrected chi connectivity index (χ2v) is 5.91. The third-order valence-corrected chi connectivity index (χ3v) is 4.68. The van der Waals surface area contributed by atoms with Crippen LogP contribution in [0.1, 0.15) is 36.0 Å². The first-order chi connectivity index (χ1) is 9.22. The van der Waals surface area contributed by atoms with Gasteiger partial charge in [-0.2, -0.15) is 11.8 Å². The molecule has 104 valence electrons. The Bertz CT molecular complexity index is 431. The van der Waals surface area contributed by atoms with Crippen LogP contribution in [0.25, 0.3) is 0 Å². The van der Waals surface area contributed by atoms with Gasteiger partial charge in [-0.3, -0.25) is 0 Å². The summed E-state index contributed by atoms with van der Waals surface area (Å²) in [5.41, 5.74) is 0.540. The van der Waals surface area contributed by atoms with Crippen molar-refractivity contribution < 1.29 is 9.53 Å². The molecule has 19 heavy (non-hydrogen) atoms. The van der Waals surface area contributed by atoms with Crippen LogP contribution in [0.5, 0.6) is 0 Å². The number of esters is 1. The molecule has 5 heteroatoms. The molecule has 1 heterocycles. The third-order valence-electron chi connectivity index (χ3n) is 3.54. The average molecular weight is 280 g/mol. The summed E-state index contributed by atoms with van der Waals surface area (Å²) in [7, 11) is 1.39. The monoisotopic (exact) mass is 280 g/mol. The van der Waals surface area contributed by atoms with E-state index in [1.54, 1.807) is 18.3 Å². The summed E-state index contributed by atoms with van der Waals surface area (Å²) in [6.45, 7) is 0. The molecule has 0 amide bonds. The topological polar surface area (TPSA) is 51.2 Å². The van der Waals surface area contributed by atoms with Gasteiger partial charge in [0.05, 0.1) is 12.7 Å². The Labute approximate surface area is 118 Å². The molecule has 1 aliphatic carbocycles. The van der Waals surface area contributed by atoms with E-state index in [1.807, 2.05) is 11.8 Å². The van der Waals surface area contributed by atoms with Gasteiger partial charge in [0, 0.05) is 17.5 Å².